The summed E-state index contributed by atoms with van der Waals surface area (Å²) in [7, 11) is 1.40. The van der Waals surface area contributed by atoms with E-state index in [9.17, 15) is 4.79 Å². The Morgan fingerprint density at radius 1 is 1.43 bits per heavy atom. The maximum absolute atomic E-state index is 11.1. The number of halogens is 1. The number of methoxy groups -OCH3 is 1. The van der Waals surface area contributed by atoms with Crippen LogP contribution in [0.25, 0.3) is 0 Å². The average molecular weight is 213 g/mol. The van der Waals surface area contributed by atoms with E-state index in [4.69, 9.17) is 11.6 Å². The van der Waals surface area contributed by atoms with Gasteiger partial charge in [-0.05, 0) is 24.1 Å². The van der Waals surface area contributed by atoms with Crippen LogP contribution >= 0.6 is 11.6 Å². The van der Waals surface area contributed by atoms with Crippen LogP contribution in [0.4, 0.5) is 0 Å². The molecule has 0 bridgehead atoms. The first-order chi connectivity index (χ1) is 6.63. The standard InChI is InChI=1S/C11H13ClO2/c1-8(11(13)14-2)7-9-3-5-10(12)6-4-9/h3-6,8H,7H2,1-2H3/t8-/m0/s1. The Balaban J connectivity index is 2.60. The van der Waals surface area contributed by atoms with Crippen molar-refractivity contribution in [3.05, 3.63) is 34.9 Å². The van der Waals surface area contributed by atoms with Gasteiger partial charge >= 0.3 is 5.97 Å². The molecule has 0 amide bonds. The maximum Gasteiger partial charge on any atom is 0.308 e. The molecular formula is C11H13ClO2. The Hall–Kier alpha value is -1.02. The van der Waals surface area contributed by atoms with Crippen molar-refractivity contribution in [2.45, 2.75) is 13.3 Å². The molecule has 0 aromatic heterocycles. The Morgan fingerprint density at radius 2 is 2.00 bits per heavy atom. The van der Waals surface area contributed by atoms with E-state index in [1.807, 2.05) is 31.2 Å². The molecule has 0 heterocycles. The Morgan fingerprint density at radius 3 is 2.50 bits per heavy atom. The van der Waals surface area contributed by atoms with Crippen LogP contribution in [0.3, 0.4) is 0 Å². The van der Waals surface area contributed by atoms with E-state index < -0.39 is 0 Å². The van der Waals surface area contributed by atoms with Gasteiger partial charge in [-0.2, -0.15) is 0 Å². The zero-order valence-corrected chi connectivity index (χ0v) is 9.04. The smallest absolute Gasteiger partial charge is 0.308 e. The molecule has 14 heavy (non-hydrogen) atoms. The van der Waals surface area contributed by atoms with Crippen LogP contribution in [0.15, 0.2) is 24.3 Å². The van der Waals surface area contributed by atoms with Gasteiger partial charge in [0.2, 0.25) is 0 Å². The summed E-state index contributed by atoms with van der Waals surface area (Å²) in [4.78, 5) is 11.1. The van der Waals surface area contributed by atoms with E-state index in [-0.39, 0.29) is 11.9 Å². The third kappa shape index (κ3) is 3.04. The molecule has 1 rings (SSSR count). The molecular weight excluding hydrogens is 200 g/mol. The minimum Gasteiger partial charge on any atom is -0.469 e. The molecule has 0 aliphatic rings. The summed E-state index contributed by atoms with van der Waals surface area (Å²) in [6, 6.07) is 7.48. The molecule has 0 unspecified atom stereocenters. The van der Waals surface area contributed by atoms with Crippen molar-refractivity contribution in [3.8, 4) is 0 Å². The van der Waals surface area contributed by atoms with Gasteiger partial charge < -0.3 is 4.74 Å². The molecule has 0 saturated heterocycles. The number of ether oxygens (including phenoxy) is 1. The third-order valence-corrected chi connectivity index (χ3v) is 2.31. The summed E-state index contributed by atoms with van der Waals surface area (Å²) >= 11 is 5.75. The maximum atomic E-state index is 11.1. The zero-order valence-electron chi connectivity index (χ0n) is 8.29. The largest absolute Gasteiger partial charge is 0.469 e. The second-order valence-corrected chi connectivity index (χ2v) is 3.69. The highest BCUT2D eigenvalue weighted by Crippen LogP contribution is 2.13. The van der Waals surface area contributed by atoms with Crippen molar-refractivity contribution in [1.29, 1.82) is 0 Å². The van der Waals surface area contributed by atoms with Crippen molar-refractivity contribution in [3.63, 3.8) is 0 Å². The van der Waals surface area contributed by atoms with Crippen LogP contribution < -0.4 is 0 Å². The number of carbonyl (C=O) groups is 1. The average Bonchev–Trinajstić information content (AvgIpc) is 2.20. The third-order valence-electron chi connectivity index (χ3n) is 2.06. The van der Waals surface area contributed by atoms with Gasteiger partial charge in [0.25, 0.3) is 0 Å². The Bertz CT molecular complexity index is 306. The number of carbonyl (C=O) groups excluding carboxylic acids is 1. The van der Waals surface area contributed by atoms with Crippen LogP contribution in [-0.4, -0.2) is 13.1 Å². The fourth-order valence-corrected chi connectivity index (χ4v) is 1.38. The van der Waals surface area contributed by atoms with Crippen molar-refractivity contribution in [1.82, 2.24) is 0 Å². The quantitative estimate of drug-likeness (QED) is 0.721. The van der Waals surface area contributed by atoms with E-state index >= 15 is 0 Å². The topological polar surface area (TPSA) is 26.3 Å². The van der Waals surface area contributed by atoms with E-state index in [2.05, 4.69) is 4.74 Å². The molecule has 0 fully saturated rings. The molecule has 2 nitrogen and oxygen atoms in total. The number of hydrogen-bond donors (Lipinski definition) is 0. The van der Waals surface area contributed by atoms with Crippen LogP contribution in [-0.2, 0) is 16.0 Å². The van der Waals surface area contributed by atoms with Crippen molar-refractivity contribution in [2.75, 3.05) is 7.11 Å². The molecule has 1 aromatic carbocycles. The van der Waals surface area contributed by atoms with Gasteiger partial charge in [-0.25, -0.2) is 0 Å². The van der Waals surface area contributed by atoms with E-state index in [1.54, 1.807) is 0 Å². The second kappa shape index (κ2) is 5.01. The fraction of sp³-hybridized carbons (Fsp3) is 0.364. The molecule has 1 aromatic rings. The number of benzene rings is 1. The minimum atomic E-state index is -0.181. The molecule has 3 heteroatoms. The first kappa shape index (κ1) is 11.1. The summed E-state index contributed by atoms with van der Waals surface area (Å²) in [6.07, 6.45) is 0.684. The summed E-state index contributed by atoms with van der Waals surface area (Å²) in [6.45, 7) is 1.85. The van der Waals surface area contributed by atoms with Crippen molar-refractivity contribution >= 4 is 17.6 Å². The molecule has 0 aliphatic carbocycles. The molecule has 0 radical (unpaired) electrons. The second-order valence-electron chi connectivity index (χ2n) is 3.25. The van der Waals surface area contributed by atoms with Gasteiger partial charge in [0.15, 0.2) is 0 Å². The predicted molar refractivity (Wildman–Crippen MR) is 56.3 cm³/mol. The van der Waals surface area contributed by atoms with Crippen molar-refractivity contribution in [2.24, 2.45) is 5.92 Å². The fourth-order valence-electron chi connectivity index (χ4n) is 1.26. The minimum absolute atomic E-state index is 0.110. The van der Waals surface area contributed by atoms with E-state index in [1.165, 1.54) is 7.11 Å². The van der Waals surface area contributed by atoms with Gasteiger partial charge in [0, 0.05) is 5.02 Å². The van der Waals surface area contributed by atoms with Gasteiger partial charge in [-0.3, -0.25) is 4.79 Å². The van der Waals surface area contributed by atoms with Gasteiger partial charge in [0.1, 0.15) is 0 Å². The predicted octanol–water partition coefficient (Wildman–Crippen LogP) is 2.69. The number of rotatable bonds is 3. The lowest BCUT2D eigenvalue weighted by Gasteiger charge is -2.08. The summed E-state index contributed by atoms with van der Waals surface area (Å²) < 4.78 is 4.64. The molecule has 76 valence electrons. The zero-order chi connectivity index (χ0) is 10.6. The van der Waals surface area contributed by atoms with E-state index in [0.717, 1.165) is 5.56 Å². The first-order valence-electron chi connectivity index (χ1n) is 4.45. The SMILES string of the molecule is COC(=O)[C@@H](C)Cc1ccc(Cl)cc1. The summed E-state index contributed by atoms with van der Waals surface area (Å²) in [5.74, 6) is -0.291. The van der Waals surface area contributed by atoms with Crippen LogP contribution in [0.2, 0.25) is 5.02 Å². The molecule has 0 saturated carbocycles. The molecule has 1 atom stereocenters. The van der Waals surface area contributed by atoms with Crippen LogP contribution in [0.5, 0.6) is 0 Å². The van der Waals surface area contributed by atoms with Crippen LogP contribution in [0.1, 0.15) is 12.5 Å². The Labute approximate surface area is 88.8 Å². The summed E-state index contributed by atoms with van der Waals surface area (Å²) in [5, 5.41) is 0.708. The highest BCUT2D eigenvalue weighted by molar-refractivity contribution is 6.30. The lowest BCUT2D eigenvalue weighted by molar-refractivity contribution is -0.144. The van der Waals surface area contributed by atoms with Crippen LogP contribution in [0, 0.1) is 5.92 Å². The highest BCUT2D eigenvalue weighted by atomic mass is 35.5. The van der Waals surface area contributed by atoms with E-state index in [0.29, 0.717) is 11.4 Å². The number of esters is 1. The molecule has 0 N–H and O–H groups in total. The first-order valence-corrected chi connectivity index (χ1v) is 4.83. The molecule has 0 spiro atoms. The van der Waals surface area contributed by atoms with Gasteiger partial charge in [-0.15, -0.1) is 0 Å². The lowest BCUT2D eigenvalue weighted by Crippen LogP contribution is -2.14. The monoisotopic (exact) mass is 212 g/mol. The van der Waals surface area contributed by atoms with Crippen molar-refractivity contribution < 1.29 is 9.53 Å². The normalized spacial score (nSPS) is 12.2. The lowest BCUT2D eigenvalue weighted by atomic mass is 10.0. The number of hydrogen-bond acceptors (Lipinski definition) is 2. The highest BCUT2D eigenvalue weighted by Gasteiger charge is 2.13. The molecule has 0 aliphatic heterocycles. The summed E-state index contributed by atoms with van der Waals surface area (Å²) in [5.41, 5.74) is 1.09. The van der Waals surface area contributed by atoms with Gasteiger partial charge in [0.05, 0.1) is 13.0 Å². The Kier molecular flexibility index (Phi) is 3.96. The van der Waals surface area contributed by atoms with Gasteiger partial charge in [-0.1, -0.05) is 30.7 Å².